The van der Waals surface area contributed by atoms with Crippen LogP contribution in [0.4, 0.5) is 0 Å². The van der Waals surface area contributed by atoms with Gasteiger partial charge in [-0.15, -0.1) is 11.8 Å². The van der Waals surface area contributed by atoms with Crippen LogP contribution in [0.5, 0.6) is 11.5 Å². The molecule has 3 aromatic carbocycles. The Balaban J connectivity index is 1.80. The van der Waals surface area contributed by atoms with Crippen LogP contribution in [-0.4, -0.2) is 19.5 Å². The summed E-state index contributed by atoms with van der Waals surface area (Å²) in [6.07, 6.45) is 0. The highest BCUT2D eigenvalue weighted by Crippen LogP contribution is 2.39. The number of hydrogen-bond donors (Lipinski definition) is 2. The maximum atomic E-state index is 10.9. The normalized spacial score (nSPS) is 11.9. The summed E-state index contributed by atoms with van der Waals surface area (Å²) in [6.45, 7) is 20.9. The first-order chi connectivity index (χ1) is 18.4. The molecule has 0 amide bonds. The van der Waals surface area contributed by atoms with Gasteiger partial charge in [0, 0.05) is 16.9 Å². The second-order valence-electron chi connectivity index (χ2n) is 12.6. The van der Waals surface area contributed by atoms with E-state index in [9.17, 15) is 10.2 Å². The van der Waals surface area contributed by atoms with Crippen molar-refractivity contribution in [3.8, 4) is 11.5 Å². The van der Waals surface area contributed by atoms with Crippen LogP contribution in [-0.2, 0) is 27.9 Å². The lowest BCUT2D eigenvalue weighted by Gasteiger charge is -2.24. The average molecular weight is 595 g/mol. The Morgan fingerprint density at radius 3 is 1.70 bits per heavy atom. The zero-order valence-corrected chi connectivity index (χ0v) is 27.9. The van der Waals surface area contributed by atoms with Crippen molar-refractivity contribution in [2.45, 2.75) is 92.4 Å². The van der Waals surface area contributed by atoms with E-state index in [0.717, 1.165) is 59.8 Å². The molecule has 0 aliphatic carbocycles. The summed E-state index contributed by atoms with van der Waals surface area (Å²) in [5.74, 6) is 1.32. The minimum absolute atomic E-state index is 0.139. The van der Waals surface area contributed by atoms with Gasteiger partial charge in [-0.1, -0.05) is 84.1 Å². The summed E-state index contributed by atoms with van der Waals surface area (Å²) in [4.78, 5) is 0. The van der Waals surface area contributed by atoms with Crippen LogP contribution >= 0.6 is 36.2 Å². The molecule has 0 saturated carbocycles. The third-order valence-corrected chi connectivity index (χ3v) is 9.30. The number of phenolic OH excluding ortho intramolecular Hbond substituents is 2. The first kappa shape index (κ1) is 32.1. The molecule has 2 N–H and O–H groups in total. The molecule has 3 nitrogen and oxygen atoms in total. The van der Waals surface area contributed by atoms with E-state index >= 15 is 0 Å². The van der Waals surface area contributed by atoms with Crippen LogP contribution in [0.2, 0.25) is 0 Å². The van der Waals surface area contributed by atoms with Gasteiger partial charge >= 0.3 is 0 Å². The van der Waals surface area contributed by atoms with Crippen molar-refractivity contribution in [1.29, 1.82) is 0 Å². The van der Waals surface area contributed by atoms with Gasteiger partial charge in [-0.3, -0.25) is 0 Å². The van der Waals surface area contributed by atoms with E-state index in [1.165, 1.54) is 0 Å². The van der Waals surface area contributed by atoms with Gasteiger partial charge in [0.05, 0.1) is 4.20 Å². The van der Waals surface area contributed by atoms with Gasteiger partial charge in [0.1, 0.15) is 18.1 Å². The van der Waals surface area contributed by atoms with Gasteiger partial charge in [0.25, 0.3) is 0 Å². The molecule has 3 aromatic rings. The van der Waals surface area contributed by atoms with Gasteiger partial charge in [0.2, 0.25) is 0 Å². The fourth-order valence-corrected chi connectivity index (χ4v) is 6.53. The lowest BCUT2D eigenvalue weighted by atomic mass is 9.83. The van der Waals surface area contributed by atoms with E-state index in [-0.39, 0.29) is 17.4 Å². The molecule has 0 spiro atoms. The topological polar surface area (TPSA) is 49.7 Å². The molecular weight excluding hydrogens is 553 g/mol. The smallest absolute Gasteiger partial charge is 0.192 e. The molecule has 40 heavy (non-hydrogen) atoms. The van der Waals surface area contributed by atoms with Crippen LogP contribution in [0.15, 0.2) is 36.4 Å². The van der Waals surface area contributed by atoms with Gasteiger partial charge in [-0.2, -0.15) is 0 Å². The highest BCUT2D eigenvalue weighted by Gasteiger charge is 2.24. The molecule has 0 bridgehead atoms. The minimum atomic E-state index is -0.162. The third kappa shape index (κ3) is 6.89. The van der Waals surface area contributed by atoms with Crippen LogP contribution < -0.4 is 0 Å². The number of thioether (sulfide) groups is 1. The van der Waals surface area contributed by atoms with E-state index < -0.39 is 0 Å². The zero-order chi connectivity index (χ0) is 30.2. The van der Waals surface area contributed by atoms with Crippen molar-refractivity contribution in [3.63, 3.8) is 0 Å². The minimum Gasteiger partial charge on any atom is -0.507 e. The molecule has 0 unspecified atom stereocenters. The number of rotatable bonds is 6. The van der Waals surface area contributed by atoms with Crippen LogP contribution in [0.3, 0.4) is 0 Å². The summed E-state index contributed by atoms with van der Waals surface area (Å²) in [5, 5.41) is 22.2. The van der Waals surface area contributed by atoms with Crippen LogP contribution in [0.25, 0.3) is 0 Å². The van der Waals surface area contributed by atoms with E-state index in [0.29, 0.717) is 22.3 Å². The predicted octanol–water partition coefficient (Wildman–Crippen LogP) is 9.43. The largest absolute Gasteiger partial charge is 0.507 e. The van der Waals surface area contributed by atoms with Crippen molar-refractivity contribution in [2.75, 3.05) is 0 Å². The Bertz CT molecular complexity index is 1350. The lowest BCUT2D eigenvalue weighted by molar-refractivity contribution is 0.299. The SMILES string of the molecule is Cc1cc(C(C)(C)C)c(O)c(C)c1COC(=S)c1ccccc1C(=S)SCc1c(C)cc(C(C)(C)C)c(O)c1C. The Labute approximate surface area is 255 Å². The van der Waals surface area contributed by atoms with Gasteiger partial charge in [-0.05, 0) is 101 Å². The fourth-order valence-electron chi connectivity index (χ4n) is 4.88. The maximum Gasteiger partial charge on any atom is 0.192 e. The van der Waals surface area contributed by atoms with Gasteiger partial charge in [-0.25, -0.2) is 0 Å². The van der Waals surface area contributed by atoms with Crippen molar-refractivity contribution in [1.82, 2.24) is 0 Å². The molecule has 0 aliphatic rings. The summed E-state index contributed by atoms with van der Waals surface area (Å²) in [5.41, 5.74) is 9.18. The first-order valence-electron chi connectivity index (χ1n) is 13.5. The highest BCUT2D eigenvalue weighted by molar-refractivity contribution is 8.23. The lowest BCUT2D eigenvalue weighted by Crippen LogP contribution is -2.14. The van der Waals surface area contributed by atoms with Gasteiger partial charge < -0.3 is 14.9 Å². The molecule has 0 atom stereocenters. The molecule has 0 heterocycles. The van der Waals surface area contributed by atoms with Crippen LogP contribution in [0, 0.1) is 27.7 Å². The Kier molecular flexibility index (Phi) is 9.81. The molecule has 0 fully saturated rings. The predicted molar refractivity (Wildman–Crippen MR) is 178 cm³/mol. The van der Waals surface area contributed by atoms with Crippen molar-refractivity contribution >= 4 is 45.4 Å². The third-order valence-electron chi connectivity index (χ3n) is 7.48. The van der Waals surface area contributed by atoms with E-state index in [2.05, 4.69) is 54.5 Å². The number of phenols is 2. The second kappa shape index (κ2) is 12.2. The molecule has 0 aliphatic heterocycles. The zero-order valence-electron chi connectivity index (χ0n) is 25.4. The molecule has 3 rings (SSSR count). The number of ether oxygens (including phenoxy) is 1. The summed E-state index contributed by atoms with van der Waals surface area (Å²) in [7, 11) is 0. The second-order valence-corrected chi connectivity index (χ2v) is 14.6. The van der Waals surface area contributed by atoms with E-state index in [1.807, 2.05) is 51.1 Å². The Morgan fingerprint density at radius 2 is 1.20 bits per heavy atom. The molecule has 6 heteroatoms. The molecular formula is C34H42O3S3. The molecule has 214 valence electrons. The molecule has 0 saturated heterocycles. The summed E-state index contributed by atoms with van der Waals surface area (Å²) < 4.78 is 6.85. The van der Waals surface area contributed by atoms with Crippen LogP contribution in [0.1, 0.15) is 97.2 Å². The fraction of sp³-hybridized carbons (Fsp3) is 0.412. The number of benzene rings is 3. The van der Waals surface area contributed by atoms with Crippen molar-refractivity contribution in [3.05, 3.63) is 92.0 Å². The van der Waals surface area contributed by atoms with E-state index in [4.69, 9.17) is 29.2 Å². The monoisotopic (exact) mass is 594 g/mol. The van der Waals surface area contributed by atoms with Crippen molar-refractivity contribution < 1.29 is 14.9 Å². The number of aryl methyl sites for hydroxylation is 2. The highest BCUT2D eigenvalue weighted by atomic mass is 32.2. The van der Waals surface area contributed by atoms with E-state index in [1.54, 1.807) is 11.8 Å². The van der Waals surface area contributed by atoms with Gasteiger partial charge in [0.15, 0.2) is 5.05 Å². The molecule has 0 radical (unpaired) electrons. The standard InChI is InChI=1S/C34H42O3S3/c1-19-15-27(33(5,6)7)29(35)21(3)25(19)17-37-31(38)23-13-11-12-14-24(23)32(39)40-18-26-20(2)16-28(34(8,9)10)30(36)22(26)4/h11-16,35-36H,17-18H2,1-10H3. The quantitative estimate of drug-likeness (QED) is 0.277. The Hall–Kier alpha value is -2.41. The first-order valence-corrected chi connectivity index (χ1v) is 15.3. The summed E-state index contributed by atoms with van der Waals surface area (Å²) >= 11 is 13.2. The Morgan fingerprint density at radius 1 is 0.750 bits per heavy atom. The number of thiocarbonyl (C=S) groups is 2. The molecule has 0 aromatic heterocycles. The summed E-state index contributed by atoms with van der Waals surface area (Å²) in [6, 6.07) is 11.9. The number of aromatic hydroxyl groups is 2. The number of hydrogen-bond acceptors (Lipinski definition) is 6. The maximum absolute atomic E-state index is 10.9. The average Bonchev–Trinajstić information content (AvgIpc) is 2.86. The van der Waals surface area contributed by atoms with Crippen molar-refractivity contribution in [2.24, 2.45) is 0 Å².